The highest BCUT2D eigenvalue weighted by Gasteiger charge is 2.06. The van der Waals surface area contributed by atoms with Crippen LogP contribution in [0, 0.1) is 0 Å². The molecule has 0 fully saturated rings. The molecule has 0 saturated heterocycles. The monoisotopic (exact) mass is 148 g/mol. The SMILES string of the molecule is O=C(O)/C(O)=C/[C@@H](O)CO. The molecular formula is C5H8O5. The molecule has 0 saturated carbocycles. The van der Waals surface area contributed by atoms with Gasteiger partial charge in [0.2, 0.25) is 0 Å². The largest absolute Gasteiger partial charge is 0.502 e. The summed E-state index contributed by atoms with van der Waals surface area (Å²) in [7, 11) is 0. The molecule has 0 unspecified atom stereocenters. The Morgan fingerprint density at radius 3 is 2.30 bits per heavy atom. The zero-order chi connectivity index (χ0) is 8.15. The zero-order valence-corrected chi connectivity index (χ0v) is 5.06. The second kappa shape index (κ2) is 3.86. The Balaban J connectivity index is 4.02. The van der Waals surface area contributed by atoms with Gasteiger partial charge in [0, 0.05) is 0 Å². The van der Waals surface area contributed by atoms with Crippen LogP contribution in [0.4, 0.5) is 0 Å². The van der Waals surface area contributed by atoms with Gasteiger partial charge < -0.3 is 20.4 Å². The van der Waals surface area contributed by atoms with Crippen LogP contribution in [0.5, 0.6) is 0 Å². The van der Waals surface area contributed by atoms with Crippen LogP contribution in [0.3, 0.4) is 0 Å². The van der Waals surface area contributed by atoms with Gasteiger partial charge in [-0.2, -0.15) is 0 Å². The van der Waals surface area contributed by atoms with Gasteiger partial charge in [-0.25, -0.2) is 4.79 Å². The summed E-state index contributed by atoms with van der Waals surface area (Å²) >= 11 is 0. The molecule has 0 spiro atoms. The molecule has 0 aliphatic heterocycles. The minimum Gasteiger partial charge on any atom is -0.502 e. The lowest BCUT2D eigenvalue weighted by molar-refractivity contribution is -0.135. The van der Waals surface area contributed by atoms with E-state index in [4.69, 9.17) is 20.4 Å². The van der Waals surface area contributed by atoms with E-state index in [0.717, 1.165) is 0 Å². The third-order valence-corrected chi connectivity index (χ3v) is 0.756. The van der Waals surface area contributed by atoms with E-state index in [-0.39, 0.29) is 0 Å². The smallest absolute Gasteiger partial charge is 0.370 e. The molecule has 1 atom stereocenters. The highest BCUT2D eigenvalue weighted by atomic mass is 16.4. The van der Waals surface area contributed by atoms with Crippen LogP contribution >= 0.6 is 0 Å². The predicted octanol–water partition coefficient (Wildman–Crippen LogP) is -1.13. The Hall–Kier alpha value is -1.07. The van der Waals surface area contributed by atoms with Crippen LogP contribution in [-0.2, 0) is 4.79 Å². The van der Waals surface area contributed by atoms with Gasteiger partial charge in [0.1, 0.15) is 0 Å². The van der Waals surface area contributed by atoms with Gasteiger partial charge in [0.05, 0.1) is 12.7 Å². The molecule has 0 aromatic heterocycles. The molecule has 10 heavy (non-hydrogen) atoms. The maximum Gasteiger partial charge on any atom is 0.370 e. The Morgan fingerprint density at radius 1 is 1.50 bits per heavy atom. The van der Waals surface area contributed by atoms with E-state index in [1.54, 1.807) is 0 Å². The maximum atomic E-state index is 9.84. The van der Waals surface area contributed by atoms with Gasteiger partial charge in [-0.3, -0.25) is 0 Å². The van der Waals surface area contributed by atoms with Gasteiger partial charge in [0.15, 0.2) is 5.76 Å². The van der Waals surface area contributed by atoms with Crippen molar-refractivity contribution in [1.82, 2.24) is 0 Å². The molecule has 0 aliphatic rings. The minimum absolute atomic E-state index is 0.614. The summed E-state index contributed by atoms with van der Waals surface area (Å²) in [5.41, 5.74) is 0. The van der Waals surface area contributed by atoms with Gasteiger partial charge in [-0.15, -0.1) is 0 Å². The molecule has 0 radical (unpaired) electrons. The fraction of sp³-hybridized carbons (Fsp3) is 0.400. The van der Waals surface area contributed by atoms with Crippen LogP contribution in [0.25, 0.3) is 0 Å². The van der Waals surface area contributed by atoms with E-state index < -0.39 is 24.4 Å². The topological polar surface area (TPSA) is 98.0 Å². The molecule has 0 heterocycles. The van der Waals surface area contributed by atoms with Crippen molar-refractivity contribution in [3.63, 3.8) is 0 Å². The number of carboxylic acids is 1. The number of hydrogen-bond donors (Lipinski definition) is 4. The van der Waals surface area contributed by atoms with Crippen LogP contribution in [0.15, 0.2) is 11.8 Å². The molecule has 5 nitrogen and oxygen atoms in total. The number of rotatable bonds is 3. The second-order valence-electron chi connectivity index (χ2n) is 1.61. The number of carboxylic acid groups (broad SMARTS) is 1. The molecule has 0 rings (SSSR count). The van der Waals surface area contributed by atoms with E-state index in [9.17, 15) is 4.79 Å². The van der Waals surface area contributed by atoms with E-state index in [1.165, 1.54) is 0 Å². The quantitative estimate of drug-likeness (QED) is 0.300. The van der Waals surface area contributed by atoms with E-state index in [0.29, 0.717) is 6.08 Å². The summed E-state index contributed by atoms with van der Waals surface area (Å²) in [6.45, 7) is -0.614. The summed E-state index contributed by atoms with van der Waals surface area (Å²) in [4.78, 5) is 9.84. The predicted molar refractivity (Wildman–Crippen MR) is 31.4 cm³/mol. The van der Waals surface area contributed by atoms with E-state index in [2.05, 4.69) is 0 Å². The number of aliphatic hydroxyl groups excluding tert-OH is 3. The summed E-state index contributed by atoms with van der Waals surface area (Å²) in [6, 6.07) is 0. The number of hydrogen-bond acceptors (Lipinski definition) is 4. The lowest BCUT2D eigenvalue weighted by Crippen LogP contribution is -2.11. The normalized spacial score (nSPS) is 14.8. The second-order valence-corrected chi connectivity index (χ2v) is 1.61. The fourth-order valence-corrected chi connectivity index (χ4v) is 0.306. The van der Waals surface area contributed by atoms with Crippen molar-refractivity contribution >= 4 is 5.97 Å². The Morgan fingerprint density at radius 2 is 2.00 bits per heavy atom. The van der Waals surface area contributed by atoms with Crippen LogP contribution in [-0.4, -0.2) is 39.1 Å². The average Bonchev–Trinajstić information content (AvgIpc) is 1.87. The van der Waals surface area contributed by atoms with Crippen molar-refractivity contribution in [2.45, 2.75) is 6.10 Å². The van der Waals surface area contributed by atoms with Crippen LogP contribution < -0.4 is 0 Å². The lowest BCUT2D eigenvalue weighted by Gasteiger charge is -1.98. The standard InChI is InChI=1S/C5H8O5/c6-2-3(7)1-4(8)5(9)10/h1,3,6-8H,2H2,(H,9,10)/b4-1-/t3-/m1/s1. The van der Waals surface area contributed by atoms with E-state index in [1.807, 2.05) is 0 Å². The van der Waals surface area contributed by atoms with Crippen molar-refractivity contribution in [1.29, 1.82) is 0 Å². The summed E-state index contributed by atoms with van der Waals surface area (Å²) in [6.07, 6.45) is -0.682. The highest BCUT2D eigenvalue weighted by molar-refractivity contribution is 5.83. The Labute approximate surface area is 56.8 Å². The fourth-order valence-electron chi connectivity index (χ4n) is 0.306. The molecule has 0 aliphatic carbocycles. The number of aliphatic hydroxyl groups is 3. The third kappa shape index (κ3) is 3.06. The summed E-state index contributed by atoms with van der Waals surface area (Å²) in [5.74, 6) is -2.51. The van der Waals surface area contributed by atoms with Crippen molar-refractivity contribution in [2.75, 3.05) is 6.61 Å². The lowest BCUT2D eigenvalue weighted by atomic mass is 10.3. The van der Waals surface area contributed by atoms with Crippen LogP contribution in [0.2, 0.25) is 0 Å². The summed E-state index contributed by atoms with van der Waals surface area (Å²) < 4.78 is 0. The van der Waals surface area contributed by atoms with Crippen molar-refractivity contribution < 1.29 is 25.2 Å². The number of aliphatic carboxylic acids is 1. The third-order valence-electron chi connectivity index (χ3n) is 0.756. The zero-order valence-electron chi connectivity index (χ0n) is 5.06. The van der Waals surface area contributed by atoms with Crippen molar-refractivity contribution in [3.05, 3.63) is 11.8 Å². The molecule has 0 amide bonds. The first-order valence-electron chi connectivity index (χ1n) is 2.51. The molecule has 0 aromatic rings. The van der Waals surface area contributed by atoms with Gasteiger partial charge >= 0.3 is 5.97 Å². The Kier molecular flexibility index (Phi) is 3.45. The Bertz CT molecular complexity index is 150. The van der Waals surface area contributed by atoms with Gasteiger partial charge in [0.25, 0.3) is 0 Å². The molecule has 0 bridgehead atoms. The van der Waals surface area contributed by atoms with E-state index >= 15 is 0 Å². The molecule has 0 aromatic carbocycles. The first-order valence-corrected chi connectivity index (χ1v) is 2.51. The van der Waals surface area contributed by atoms with Crippen molar-refractivity contribution in [2.24, 2.45) is 0 Å². The molecular weight excluding hydrogens is 140 g/mol. The number of carbonyl (C=O) groups is 1. The first-order chi connectivity index (χ1) is 4.57. The maximum absolute atomic E-state index is 9.84. The summed E-state index contributed by atoms with van der Waals surface area (Å²) in [5, 5.41) is 33.1. The molecule has 5 heteroatoms. The minimum atomic E-state index is -1.53. The van der Waals surface area contributed by atoms with Gasteiger partial charge in [-0.05, 0) is 6.08 Å². The first kappa shape index (κ1) is 8.93. The highest BCUT2D eigenvalue weighted by Crippen LogP contribution is 1.91. The van der Waals surface area contributed by atoms with Gasteiger partial charge in [-0.1, -0.05) is 0 Å². The molecule has 58 valence electrons. The average molecular weight is 148 g/mol. The molecule has 4 N–H and O–H groups in total. The van der Waals surface area contributed by atoms with Crippen molar-refractivity contribution in [3.8, 4) is 0 Å². The van der Waals surface area contributed by atoms with Crippen LogP contribution in [0.1, 0.15) is 0 Å².